The normalized spacial score (nSPS) is 13.7. The van der Waals surface area contributed by atoms with Crippen molar-refractivity contribution in [3.63, 3.8) is 0 Å². The molecule has 6 heteroatoms. The van der Waals surface area contributed by atoms with Crippen molar-refractivity contribution in [2.24, 2.45) is 12.5 Å². The molecule has 1 heterocycles. The number of nitrogens with one attached hydrogen (secondary N) is 1. The SMILES string of the molecule is Cc1nn(C)c(Cl)c1C=CC(=O)NCC(C)(C)CC(C)O. The Labute approximate surface area is 131 Å². The second-order valence-corrected chi connectivity index (χ2v) is 6.54. The van der Waals surface area contributed by atoms with Gasteiger partial charge in [0.15, 0.2) is 0 Å². The molecule has 1 unspecified atom stereocenters. The third kappa shape index (κ3) is 5.52. The van der Waals surface area contributed by atoms with Crippen LogP contribution in [0.5, 0.6) is 0 Å². The molecule has 21 heavy (non-hydrogen) atoms. The van der Waals surface area contributed by atoms with Crippen molar-refractivity contribution in [2.45, 2.75) is 40.2 Å². The number of carbonyl (C=O) groups is 1. The summed E-state index contributed by atoms with van der Waals surface area (Å²) in [6.45, 7) is 8.10. The van der Waals surface area contributed by atoms with E-state index in [0.29, 0.717) is 18.1 Å². The van der Waals surface area contributed by atoms with Crippen LogP contribution < -0.4 is 5.32 Å². The Bertz CT molecular complexity index is 533. The maximum Gasteiger partial charge on any atom is 0.244 e. The van der Waals surface area contributed by atoms with E-state index in [1.807, 2.05) is 20.8 Å². The molecule has 1 atom stereocenters. The zero-order chi connectivity index (χ0) is 16.2. The lowest BCUT2D eigenvalue weighted by atomic mass is 9.87. The molecule has 0 aliphatic heterocycles. The number of amides is 1. The summed E-state index contributed by atoms with van der Waals surface area (Å²) in [5, 5.41) is 16.9. The van der Waals surface area contributed by atoms with Crippen molar-refractivity contribution in [3.05, 3.63) is 22.5 Å². The molecule has 2 N–H and O–H groups in total. The molecule has 0 aliphatic rings. The number of aliphatic hydroxyl groups excluding tert-OH is 1. The van der Waals surface area contributed by atoms with Crippen molar-refractivity contribution < 1.29 is 9.90 Å². The molecule has 0 saturated carbocycles. The summed E-state index contributed by atoms with van der Waals surface area (Å²) < 4.78 is 1.57. The predicted molar refractivity (Wildman–Crippen MR) is 85.1 cm³/mol. The van der Waals surface area contributed by atoms with Gasteiger partial charge in [0.05, 0.1) is 11.8 Å². The van der Waals surface area contributed by atoms with E-state index in [2.05, 4.69) is 10.4 Å². The second kappa shape index (κ2) is 7.09. The van der Waals surface area contributed by atoms with Gasteiger partial charge in [-0.25, -0.2) is 0 Å². The van der Waals surface area contributed by atoms with Gasteiger partial charge in [-0.05, 0) is 31.8 Å². The Balaban J connectivity index is 2.60. The first kappa shape index (κ1) is 17.7. The van der Waals surface area contributed by atoms with Gasteiger partial charge in [0, 0.05) is 25.2 Å². The van der Waals surface area contributed by atoms with Crippen LogP contribution in [-0.2, 0) is 11.8 Å². The minimum Gasteiger partial charge on any atom is -0.393 e. The molecule has 5 nitrogen and oxygen atoms in total. The van der Waals surface area contributed by atoms with Gasteiger partial charge in [-0.1, -0.05) is 25.4 Å². The van der Waals surface area contributed by atoms with Gasteiger partial charge in [0.2, 0.25) is 5.91 Å². The van der Waals surface area contributed by atoms with Crippen molar-refractivity contribution in [1.82, 2.24) is 15.1 Å². The van der Waals surface area contributed by atoms with E-state index in [1.54, 1.807) is 24.7 Å². The number of aryl methyl sites for hydroxylation is 2. The van der Waals surface area contributed by atoms with E-state index in [0.717, 1.165) is 11.3 Å². The van der Waals surface area contributed by atoms with E-state index in [-0.39, 0.29) is 17.4 Å². The first-order valence-corrected chi connectivity index (χ1v) is 7.33. The maximum atomic E-state index is 11.8. The fourth-order valence-corrected chi connectivity index (χ4v) is 2.49. The van der Waals surface area contributed by atoms with Crippen LogP contribution in [0.3, 0.4) is 0 Å². The van der Waals surface area contributed by atoms with Gasteiger partial charge in [-0.2, -0.15) is 5.10 Å². The fourth-order valence-electron chi connectivity index (χ4n) is 2.25. The molecule has 1 rings (SSSR count). The number of hydrogen-bond donors (Lipinski definition) is 2. The highest BCUT2D eigenvalue weighted by atomic mass is 35.5. The minimum absolute atomic E-state index is 0.153. The molecular formula is C15H24ClN3O2. The highest BCUT2D eigenvalue weighted by Gasteiger charge is 2.20. The van der Waals surface area contributed by atoms with Crippen LogP contribution >= 0.6 is 11.6 Å². The van der Waals surface area contributed by atoms with Gasteiger partial charge in [0.25, 0.3) is 0 Å². The molecule has 1 aromatic heterocycles. The summed E-state index contributed by atoms with van der Waals surface area (Å²) in [6, 6.07) is 0. The van der Waals surface area contributed by atoms with E-state index in [1.165, 1.54) is 6.08 Å². The summed E-state index contributed by atoms with van der Waals surface area (Å²) in [5.41, 5.74) is 1.37. The number of hydrogen-bond acceptors (Lipinski definition) is 3. The lowest BCUT2D eigenvalue weighted by Gasteiger charge is -2.26. The Morgan fingerprint density at radius 2 is 2.19 bits per heavy atom. The standard InChI is InChI=1S/C15H24ClN3O2/c1-10(20)8-15(3,4)9-17-13(21)7-6-12-11(2)18-19(5)14(12)16/h6-7,10,20H,8-9H2,1-5H3,(H,17,21). The Morgan fingerprint density at radius 3 is 2.67 bits per heavy atom. The minimum atomic E-state index is -0.385. The zero-order valence-electron chi connectivity index (χ0n) is 13.3. The number of nitrogens with zero attached hydrogens (tertiary/aromatic N) is 2. The van der Waals surface area contributed by atoms with Gasteiger partial charge in [-0.3, -0.25) is 9.48 Å². The average Bonchev–Trinajstić information content (AvgIpc) is 2.57. The van der Waals surface area contributed by atoms with Crippen molar-refractivity contribution in [3.8, 4) is 0 Å². The van der Waals surface area contributed by atoms with Crippen LogP contribution in [0.4, 0.5) is 0 Å². The average molecular weight is 314 g/mol. The lowest BCUT2D eigenvalue weighted by Crippen LogP contribution is -2.34. The molecule has 0 spiro atoms. The topological polar surface area (TPSA) is 67.2 Å². The number of halogens is 1. The Kier molecular flexibility index (Phi) is 5.98. The molecule has 0 radical (unpaired) electrons. The molecule has 0 aliphatic carbocycles. The van der Waals surface area contributed by atoms with Crippen LogP contribution in [0.1, 0.15) is 38.4 Å². The summed E-state index contributed by atoms with van der Waals surface area (Å²) in [4.78, 5) is 11.8. The molecule has 0 fully saturated rings. The van der Waals surface area contributed by atoms with E-state index in [9.17, 15) is 9.90 Å². The molecule has 1 aromatic rings. The van der Waals surface area contributed by atoms with Crippen LogP contribution in [-0.4, -0.2) is 33.4 Å². The van der Waals surface area contributed by atoms with Crippen LogP contribution in [0, 0.1) is 12.3 Å². The first-order chi connectivity index (χ1) is 9.62. The molecule has 0 saturated heterocycles. The summed E-state index contributed by atoms with van der Waals surface area (Å²) >= 11 is 6.09. The van der Waals surface area contributed by atoms with Gasteiger partial charge < -0.3 is 10.4 Å². The fraction of sp³-hybridized carbons (Fsp3) is 0.600. The Hall–Kier alpha value is -1.33. The van der Waals surface area contributed by atoms with Crippen LogP contribution in [0.2, 0.25) is 5.15 Å². The molecule has 1 amide bonds. The third-order valence-electron chi connectivity index (χ3n) is 3.19. The van der Waals surface area contributed by atoms with E-state index >= 15 is 0 Å². The second-order valence-electron chi connectivity index (χ2n) is 6.18. The summed E-state index contributed by atoms with van der Waals surface area (Å²) in [5.74, 6) is -0.187. The van der Waals surface area contributed by atoms with E-state index in [4.69, 9.17) is 11.6 Å². The van der Waals surface area contributed by atoms with Crippen LogP contribution in [0.25, 0.3) is 6.08 Å². The highest BCUT2D eigenvalue weighted by molar-refractivity contribution is 6.31. The zero-order valence-corrected chi connectivity index (χ0v) is 14.0. The van der Waals surface area contributed by atoms with Crippen molar-refractivity contribution >= 4 is 23.6 Å². The highest BCUT2D eigenvalue weighted by Crippen LogP contribution is 2.21. The quantitative estimate of drug-likeness (QED) is 0.792. The van der Waals surface area contributed by atoms with Gasteiger partial charge >= 0.3 is 0 Å². The predicted octanol–water partition coefficient (Wildman–Crippen LogP) is 2.31. The lowest BCUT2D eigenvalue weighted by molar-refractivity contribution is -0.117. The smallest absolute Gasteiger partial charge is 0.244 e. The number of aliphatic hydroxyl groups is 1. The van der Waals surface area contributed by atoms with Crippen molar-refractivity contribution in [2.75, 3.05) is 6.54 Å². The molecule has 118 valence electrons. The molecule has 0 bridgehead atoms. The summed E-state index contributed by atoms with van der Waals surface area (Å²) in [7, 11) is 1.76. The number of aromatic nitrogens is 2. The summed E-state index contributed by atoms with van der Waals surface area (Å²) in [6.07, 6.45) is 3.37. The van der Waals surface area contributed by atoms with E-state index < -0.39 is 0 Å². The van der Waals surface area contributed by atoms with Crippen molar-refractivity contribution in [1.29, 1.82) is 0 Å². The largest absolute Gasteiger partial charge is 0.393 e. The molecular weight excluding hydrogens is 290 g/mol. The molecule has 0 aromatic carbocycles. The van der Waals surface area contributed by atoms with Gasteiger partial charge in [-0.15, -0.1) is 0 Å². The van der Waals surface area contributed by atoms with Crippen LogP contribution in [0.15, 0.2) is 6.08 Å². The number of carbonyl (C=O) groups excluding carboxylic acids is 1. The Morgan fingerprint density at radius 1 is 1.57 bits per heavy atom. The number of rotatable bonds is 6. The third-order valence-corrected chi connectivity index (χ3v) is 3.63. The van der Waals surface area contributed by atoms with Gasteiger partial charge in [0.1, 0.15) is 5.15 Å². The maximum absolute atomic E-state index is 11.8. The first-order valence-electron chi connectivity index (χ1n) is 6.95. The monoisotopic (exact) mass is 313 g/mol.